The van der Waals surface area contributed by atoms with Crippen molar-refractivity contribution in [3.63, 3.8) is 0 Å². The summed E-state index contributed by atoms with van der Waals surface area (Å²) in [5.41, 5.74) is -2.72. The number of halogens is 1. The highest BCUT2D eigenvalue weighted by Crippen LogP contribution is 2.15. The van der Waals surface area contributed by atoms with Gasteiger partial charge in [-0.1, -0.05) is 11.6 Å². The molecule has 0 unspecified atom stereocenters. The van der Waals surface area contributed by atoms with Crippen LogP contribution in [0.15, 0.2) is 9.59 Å². The molecule has 0 atom stereocenters. The zero-order valence-corrected chi connectivity index (χ0v) is 7.16. The van der Waals surface area contributed by atoms with E-state index in [0.29, 0.717) is 0 Å². The lowest BCUT2D eigenvalue weighted by Gasteiger charge is -1.98. The van der Waals surface area contributed by atoms with E-state index >= 15 is 0 Å². The SMILES string of the molecule is Cn1c(Cl)c([N+](=O)[O-])c(=O)[nH]c1=O. The largest absolute Gasteiger partial charge is 0.369 e. The van der Waals surface area contributed by atoms with Crippen LogP contribution in [0.2, 0.25) is 5.15 Å². The van der Waals surface area contributed by atoms with Gasteiger partial charge in [0.05, 0.1) is 4.92 Å². The summed E-state index contributed by atoms with van der Waals surface area (Å²) in [7, 11) is 1.22. The first-order chi connectivity index (χ1) is 5.95. The quantitative estimate of drug-likeness (QED) is 0.384. The number of H-pyrrole nitrogens is 1. The maximum absolute atomic E-state index is 10.9. The fourth-order valence-electron chi connectivity index (χ4n) is 0.740. The second kappa shape index (κ2) is 3.02. The zero-order valence-electron chi connectivity index (χ0n) is 6.41. The van der Waals surface area contributed by atoms with Gasteiger partial charge in [-0.3, -0.25) is 24.5 Å². The van der Waals surface area contributed by atoms with Gasteiger partial charge < -0.3 is 0 Å². The van der Waals surface area contributed by atoms with E-state index in [1.165, 1.54) is 7.05 Å². The molecule has 0 aromatic carbocycles. The van der Waals surface area contributed by atoms with Gasteiger partial charge in [0.25, 0.3) is 0 Å². The van der Waals surface area contributed by atoms with E-state index in [4.69, 9.17) is 11.6 Å². The standard InChI is InChI=1S/C5H4ClN3O4/c1-8-3(6)2(9(12)13)4(10)7-5(8)11/h1H3,(H,7,10,11). The maximum Gasteiger partial charge on any atom is 0.369 e. The Morgan fingerprint density at radius 3 is 2.54 bits per heavy atom. The highest BCUT2D eigenvalue weighted by atomic mass is 35.5. The van der Waals surface area contributed by atoms with Crippen molar-refractivity contribution in [2.45, 2.75) is 0 Å². The smallest absolute Gasteiger partial charge is 0.281 e. The lowest BCUT2D eigenvalue weighted by molar-refractivity contribution is -0.386. The Bertz CT molecular complexity index is 474. The minimum Gasteiger partial charge on any atom is -0.281 e. The van der Waals surface area contributed by atoms with E-state index in [9.17, 15) is 19.7 Å². The van der Waals surface area contributed by atoms with E-state index in [1.807, 2.05) is 0 Å². The molecule has 70 valence electrons. The molecule has 13 heavy (non-hydrogen) atoms. The Morgan fingerprint density at radius 1 is 1.54 bits per heavy atom. The molecule has 1 aromatic rings. The lowest BCUT2D eigenvalue weighted by atomic mass is 10.5. The third-order valence-corrected chi connectivity index (χ3v) is 1.85. The third-order valence-electron chi connectivity index (χ3n) is 1.41. The van der Waals surface area contributed by atoms with Crippen molar-refractivity contribution in [1.29, 1.82) is 0 Å². The average Bonchev–Trinajstić information content (AvgIpc) is 1.99. The molecule has 0 saturated heterocycles. The maximum atomic E-state index is 10.9. The third kappa shape index (κ3) is 1.45. The van der Waals surface area contributed by atoms with Gasteiger partial charge in [-0.2, -0.15) is 0 Å². The van der Waals surface area contributed by atoms with Crippen LogP contribution >= 0.6 is 11.6 Å². The van der Waals surface area contributed by atoms with Gasteiger partial charge in [0, 0.05) is 7.05 Å². The van der Waals surface area contributed by atoms with Crippen LogP contribution in [0.25, 0.3) is 0 Å². The monoisotopic (exact) mass is 205 g/mol. The van der Waals surface area contributed by atoms with Crippen molar-refractivity contribution in [3.05, 3.63) is 36.1 Å². The summed E-state index contributed by atoms with van der Waals surface area (Å²) in [6.45, 7) is 0. The molecule has 1 rings (SSSR count). The van der Waals surface area contributed by atoms with E-state index < -0.39 is 27.0 Å². The first kappa shape index (κ1) is 9.46. The van der Waals surface area contributed by atoms with Gasteiger partial charge in [0.2, 0.25) is 0 Å². The summed E-state index contributed by atoms with van der Waals surface area (Å²) >= 11 is 5.40. The van der Waals surface area contributed by atoms with Crippen LogP contribution in [0, 0.1) is 10.1 Å². The molecule has 8 heteroatoms. The highest BCUT2D eigenvalue weighted by Gasteiger charge is 2.21. The molecule has 1 N–H and O–H groups in total. The van der Waals surface area contributed by atoms with Gasteiger partial charge in [0.1, 0.15) is 0 Å². The Balaban J connectivity index is 3.73. The number of rotatable bonds is 1. The minimum atomic E-state index is -1.10. The number of hydrogen-bond acceptors (Lipinski definition) is 4. The molecule has 0 bridgehead atoms. The van der Waals surface area contributed by atoms with Crippen LogP contribution in [-0.2, 0) is 7.05 Å². The fourth-order valence-corrected chi connectivity index (χ4v) is 0.972. The summed E-state index contributed by atoms with van der Waals surface area (Å²) < 4.78 is 0.779. The van der Waals surface area contributed by atoms with Crippen LogP contribution in [0.3, 0.4) is 0 Å². The molecule has 0 aliphatic carbocycles. The summed E-state index contributed by atoms with van der Waals surface area (Å²) in [6, 6.07) is 0. The molecule has 0 aliphatic rings. The number of nitrogens with one attached hydrogen (secondary N) is 1. The Morgan fingerprint density at radius 2 is 2.08 bits per heavy atom. The summed E-state index contributed by atoms with van der Waals surface area (Å²) in [5, 5.41) is 9.80. The lowest BCUT2D eigenvalue weighted by Crippen LogP contribution is -2.30. The number of aromatic nitrogens is 2. The van der Waals surface area contributed by atoms with Crippen LogP contribution in [0.1, 0.15) is 0 Å². The van der Waals surface area contributed by atoms with Gasteiger partial charge in [-0.25, -0.2) is 4.79 Å². The van der Waals surface area contributed by atoms with Crippen molar-refractivity contribution in [2.75, 3.05) is 0 Å². The number of aromatic amines is 1. The highest BCUT2D eigenvalue weighted by molar-refractivity contribution is 6.31. The second-order valence-electron chi connectivity index (χ2n) is 2.21. The van der Waals surface area contributed by atoms with Crippen molar-refractivity contribution in [3.8, 4) is 0 Å². The zero-order chi connectivity index (χ0) is 10.2. The van der Waals surface area contributed by atoms with E-state index in [-0.39, 0.29) is 0 Å². The molecular weight excluding hydrogens is 202 g/mol. The van der Waals surface area contributed by atoms with Crippen molar-refractivity contribution in [2.24, 2.45) is 7.05 Å². The molecule has 0 radical (unpaired) electrons. The molecular formula is C5H4ClN3O4. The molecule has 0 aliphatic heterocycles. The van der Waals surface area contributed by atoms with Crippen LogP contribution < -0.4 is 11.2 Å². The average molecular weight is 206 g/mol. The molecule has 0 fully saturated rings. The van der Waals surface area contributed by atoms with Crippen molar-refractivity contribution >= 4 is 17.3 Å². The van der Waals surface area contributed by atoms with E-state index in [2.05, 4.69) is 0 Å². The Labute approximate surface area is 75.7 Å². The van der Waals surface area contributed by atoms with Gasteiger partial charge in [-0.05, 0) is 0 Å². The van der Waals surface area contributed by atoms with Gasteiger partial charge in [-0.15, -0.1) is 0 Å². The summed E-state index contributed by atoms with van der Waals surface area (Å²) in [4.78, 5) is 32.8. The molecule has 1 aromatic heterocycles. The predicted molar refractivity (Wildman–Crippen MR) is 44.0 cm³/mol. The molecule has 7 nitrogen and oxygen atoms in total. The van der Waals surface area contributed by atoms with Crippen molar-refractivity contribution < 1.29 is 4.92 Å². The molecule has 0 amide bonds. The van der Waals surface area contributed by atoms with E-state index in [1.54, 1.807) is 4.98 Å². The van der Waals surface area contributed by atoms with Crippen LogP contribution in [0.5, 0.6) is 0 Å². The van der Waals surface area contributed by atoms with Crippen LogP contribution in [0.4, 0.5) is 5.69 Å². The number of nitro groups is 1. The van der Waals surface area contributed by atoms with E-state index in [0.717, 1.165) is 4.57 Å². The van der Waals surface area contributed by atoms with Crippen LogP contribution in [-0.4, -0.2) is 14.5 Å². The first-order valence-electron chi connectivity index (χ1n) is 3.08. The fraction of sp³-hybridized carbons (Fsp3) is 0.200. The first-order valence-corrected chi connectivity index (χ1v) is 3.46. The topological polar surface area (TPSA) is 98.0 Å². The molecule has 1 heterocycles. The number of nitrogens with zero attached hydrogens (tertiary/aromatic N) is 2. The van der Waals surface area contributed by atoms with Gasteiger partial charge >= 0.3 is 16.9 Å². The van der Waals surface area contributed by atoms with Gasteiger partial charge in [0.15, 0.2) is 5.15 Å². The normalized spacial score (nSPS) is 10.0. The molecule has 0 saturated carbocycles. The minimum absolute atomic E-state index is 0.487. The predicted octanol–water partition coefficient (Wildman–Crippen LogP) is -0.365. The van der Waals surface area contributed by atoms with Crippen molar-refractivity contribution in [1.82, 2.24) is 9.55 Å². The summed E-state index contributed by atoms with van der Waals surface area (Å²) in [5.74, 6) is 0. The Kier molecular flexibility index (Phi) is 2.20. The Hall–Kier alpha value is -1.63. The molecule has 0 spiro atoms. The number of hydrogen-bond donors (Lipinski definition) is 1. The second-order valence-corrected chi connectivity index (χ2v) is 2.57. The summed E-state index contributed by atoms with van der Waals surface area (Å²) in [6.07, 6.45) is 0.